The predicted octanol–water partition coefficient (Wildman–Crippen LogP) is 7.25. The summed E-state index contributed by atoms with van der Waals surface area (Å²) < 4.78 is 27.1. The zero-order chi connectivity index (χ0) is 37.3. The molecule has 2 amide bonds. The van der Waals surface area contributed by atoms with E-state index in [2.05, 4.69) is 37.3 Å². The van der Waals surface area contributed by atoms with Crippen LogP contribution in [0.4, 0.5) is 21.7 Å². The van der Waals surface area contributed by atoms with E-state index in [-0.39, 0.29) is 46.2 Å². The van der Waals surface area contributed by atoms with Crippen LogP contribution in [0, 0.1) is 19.7 Å². The van der Waals surface area contributed by atoms with E-state index in [1.807, 2.05) is 36.9 Å². The van der Waals surface area contributed by atoms with E-state index >= 15 is 4.39 Å². The van der Waals surface area contributed by atoms with Crippen LogP contribution in [0.15, 0.2) is 60.8 Å². The third-order valence-corrected chi connectivity index (χ3v) is 9.89. The number of aryl methyl sites for hydroxylation is 2. The summed E-state index contributed by atoms with van der Waals surface area (Å²) in [7, 11) is 0. The Hall–Kier alpha value is -4.78. The van der Waals surface area contributed by atoms with Gasteiger partial charge in [-0.25, -0.2) is 9.37 Å². The van der Waals surface area contributed by atoms with Gasteiger partial charge in [0.1, 0.15) is 17.9 Å². The van der Waals surface area contributed by atoms with Crippen LogP contribution in [0.1, 0.15) is 53.2 Å². The van der Waals surface area contributed by atoms with Gasteiger partial charge in [0.05, 0.1) is 11.4 Å². The molecule has 2 aliphatic rings. The fourth-order valence-corrected chi connectivity index (χ4v) is 6.85. The van der Waals surface area contributed by atoms with Gasteiger partial charge in [-0.2, -0.15) is 4.98 Å². The Morgan fingerprint density at radius 3 is 2.28 bits per heavy atom. The zero-order valence-corrected chi connectivity index (χ0v) is 31.3. The summed E-state index contributed by atoms with van der Waals surface area (Å²) in [6.07, 6.45) is 4.75. The number of halogens is 2. The van der Waals surface area contributed by atoms with Gasteiger partial charge < -0.3 is 29.9 Å². The largest absolute Gasteiger partial charge is 0.489 e. The molecule has 0 aliphatic carbocycles. The lowest BCUT2D eigenvalue weighted by Gasteiger charge is -2.34. The number of benzene rings is 3. The first-order valence-electron chi connectivity index (χ1n) is 18.3. The summed E-state index contributed by atoms with van der Waals surface area (Å²) >= 11 is 6.66. The Morgan fingerprint density at radius 2 is 1.60 bits per heavy atom. The van der Waals surface area contributed by atoms with Gasteiger partial charge in [0.25, 0.3) is 5.91 Å². The van der Waals surface area contributed by atoms with Crippen molar-refractivity contribution >= 4 is 40.7 Å². The third-order valence-electron chi connectivity index (χ3n) is 9.59. The smallest absolute Gasteiger partial charge is 0.262 e. The number of amides is 2. The van der Waals surface area contributed by atoms with Crippen LogP contribution in [0.25, 0.3) is 0 Å². The Kier molecular flexibility index (Phi) is 12.8. The standard InChI is InChI=1S/C40H47ClFN7O4/c1-4-14-47-17-19-48(20-18-47)21-22-52-35-13-11-30(25-33(35)42)44-40-43-26-31(38(51)45-37-27(2)8-7-9-28(37)3)39(46-40)53-34-12-10-29(23-32(34)41)24-36(50)49-15-5-6-16-49/h7-13,23,25-26H,4-6,14-22,24H2,1-3H3,(H,45,51)(H,43,44,46). The monoisotopic (exact) mass is 743 g/mol. The van der Waals surface area contributed by atoms with Crippen molar-refractivity contribution in [2.24, 2.45) is 0 Å². The quantitative estimate of drug-likeness (QED) is 0.138. The van der Waals surface area contributed by atoms with Gasteiger partial charge in [0.15, 0.2) is 11.6 Å². The topological polar surface area (TPSA) is 112 Å². The Bertz CT molecular complexity index is 1890. The SMILES string of the molecule is CCCN1CCN(CCOc2ccc(Nc3ncc(C(=O)Nc4c(C)cccc4C)c(Oc4ccc(CC(=O)N5CCCC5)cc4Cl)n3)cc2F)CC1. The molecule has 0 unspecified atom stereocenters. The number of carbonyl (C=O) groups is 2. The molecule has 0 saturated carbocycles. The van der Waals surface area contributed by atoms with Crippen molar-refractivity contribution in [2.75, 3.05) is 69.6 Å². The first-order valence-corrected chi connectivity index (χ1v) is 18.7. The number of likely N-dealkylation sites (tertiary alicyclic amines) is 1. The molecule has 0 bridgehead atoms. The second-order valence-corrected chi connectivity index (χ2v) is 14.0. The van der Waals surface area contributed by atoms with E-state index in [0.717, 1.165) is 88.3 Å². The highest BCUT2D eigenvalue weighted by Gasteiger charge is 2.22. The number of nitrogens with one attached hydrogen (secondary N) is 2. The number of para-hydroxylation sites is 1. The van der Waals surface area contributed by atoms with Crippen LogP contribution >= 0.6 is 11.6 Å². The van der Waals surface area contributed by atoms with Crippen LogP contribution in [-0.4, -0.2) is 95.4 Å². The van der Waals surface area contributed by atoms with E-state index in [0.29, 0.717) is 18.0 Å². The van der Waals surface area contributed by atoms with E-state index < -0.39 is 11.7 Å². The predicted molar refractivity (Wildman–Crippen MR) is 205 cm³/mol. The Labute approximate surface area is 315 Å². The molecule has 2 aliphatic heterocycles. The highest BCUT2D eigenvalue weighted by molar-refractivity contribution is 6.32. The summed E-state index contributed by atoms with van der Waals surface area (Å²) in [4.78, 5) is 41.9. The summed E-state index contributed by atoms with van der Waals surface area (Å²) in [5.41, 5.74) is 3.64. The molecule has 2 saturated heterocycles. The lowest BCUT2D eigenvalue weighted by atomic mass is 10.1. The van der Waals surface area contributed by atoms with Crippen LogP contribution in [0.5, 0.6) is 17.4 Å². The molecule has 1 aromatic heterocycles. The van der Waals surface area contributed by atoms with Gasteiger partial charge in [0.2, 0.25) is 17.7 Å². The van der Waals surface area contributed by atoms with Gasteiger partial charge >= 0.3 is 0 Å². The van der Waals surface area contributed by atoms with E-state index in [4.69, 9.17) is 21.1 Å². The molecular weight excluding hydrogens is 697 g/mol. The average molecular weight is 744 g/mol. The van der Waals surface area contributed by atoms with Gasteiger partial charge in [-0.1, -0.05) is 42.8 Å². The number of carbonyl (C=O) groups excluding carboxylic acids is 2. The molecule has 11 nitrogen and oxygen atoms in total. The number of anilines is 3. The van der Waals surface area contributed by atoms with Gasteiger partial charge in [-0.15, -0.1) is 0 Å². The number of aromatic nitrogens is 2. The van der Waals surface area contributed by atoms with Crippen LogP contribution in [0.3, 0.4) is 0 Å². The molecule has 3 heterocycles. The number of hydrogen-bond donors (Lipinski definition) is 2. The summed E-state index contributed by atoms with van der Waals surface area (Å²) in [6.45, 7) is 13.8. The van der Waals surface area contributed by atoms with E-state index in [1.54, 1.807) is 30.3 Å². The lowest BCUT2D eigenvalue weighted by Crippen LogP contribution is -2.47. The minimum absolute atomic E-state index is 0.0525. The van der Waals surface area contributed by atoms with Crippen molar-refractivity contribution in [3.05, 3.63) is 93.9 Å². The number of nitrogens with zero attached hydrogens (tertiary/aromatic N) is 5. The molecule has 53 heavy (non-hydrogen) atoms. The van der Waals surface area contributed by atoms with Crippen molar-refractivity contribution < 1.29 is 23.5 Å². The van der Waals surface area contributed by atoms with Gasteiger partial charge in [-0.3, -0.25) is 14.5 Å². The van der Waals surface area contributed by atoms with Crippen LogP contribution in [-0.2, 0) is 11.2 Å². The molecule has 0 atom stereocenters. The van der Waals surface area contributed by atoms with E-state index in [9.17, 15) is 9.59 Å². The maximum absolute atomic E-state index is 15.2. The molecule has 2 fully saturated rings. The van der Waals surface area contributed by atoms with Gasteiger partial charge in [-0.05, 0) is 80.6 Å². The minimum Gasteiger partial charge on any atom is -0.489 e. The number of piperazine rings is 1. The molecule has 280 valence electrons. The molecule has 13 heteroatoms. The highest BCUT2D eigenvalue weighted by Crippen LogP contribution is 2.33. The third kappa shape index (κ3) is 10.0. The lowest BCUT2D eigenvalue weighted by molar-refractivity contribution is -0.129. The van der Waals surface area contributed by atoms with Crippen molar-refractivity contribution in [2.45, 2.75) is 46.5 Å². The maximum Gasteiger partial charge on any atom is 0.262 e. The maximum atomic E-state index is 15.2. The fourth-order valence-electron chi connectivity index (χ4n) is 6.61. The Morgan fingerprint density at radius 1 is 0.906 bits per heavy atom. The number of rotatable bonds is 14. The normalized spacial score (nSPS) is 15.0. The van der Waals surface area contributed by atoms with Crippen molar-refractivity contribution in [1.29, 1.82) is 0 Å². The second-order valence-electron chi connectivity index (χ2n) is 13.6. The summed E-state index contributed by atoms with van der Waals surface area (Å²) in [5, 5.41) is 6.22. The first-order chi connectivity index (χ1) is 25.7. The van der Waals surface area contributed by atoms with Crippen molar-refractivity contribution in [3.8, 4) is 17.4 Å². The first kappa shape index (κ1) is 38.0. The van der Waals surface area contributed by atoms with Gasteiger partial charge in [0, 0.05) is 69.5 Å². The molecule has 6 rings (SSSR count). The fraction of sp³-hybridized carbons (Fsp3) is 0.400. The second kappa shape index (κ2) is 17.8. The number of hydrogen-bond acceptors (Lipinski definition) is 9. The molecule has 4 aromatic rings. The zero-order valence-electron chi connectivity index (χ0n) is 30.6. The molecular formula is C40H47ClFN7O4. The summed E-state index contributed by atoms with van der Waals surface area (Å²) in [5.74, 6) is -0.555. The number of ether oxygens (including phenoxy) is 2. The molecule has 0 spiro atoms. The molecule has 3 aromatic carbocycles. The highest BCUT2D eigenvalue weighted by atomic mass is 35.5. The van der Waals surface area contributed by atoms with E-state index in [1.165, 1.54) is 12.3 Å². The van der Waals surface area contributed by atoms with Crippen LogP contribution < -0.4 is 20.1 Å². The van der Waals surface area contributed by atoms with Crippen LogP contribution in [0.2, 0.25) is 5.02 Å². The summed E-state index contributed by atoms with van der Waals surface area (Å²) in [6, 6.07) is 15.4. The minimum atomic E-state index is -0.529. The molecule has 0 radical (unpaired) electrons. The molecule has 2 N–H and O–H groups in total. The average Bonchev–Trinajstić information content (AvgIpc) is 3.69. The Balaban J connectivity index is 1.16. The van der Waals surface area contributed by atoms with Crippen molar-refractivity contribution in [1.82, 2.24) is 24.7 Å². The van der Waals surface area contributed by atoms with Crippen molar-refractivity contribution in [3.63, 3.8) is 0 Å².